The summed E-state index contributed by atoms with van der Waals surface area (Å²) < 4.78 is 35.2. The molecule has 384 valence electrons. The SMILES string of the molecule is CC/C=C\C/C=C\C/C=C\C/C=C\C/C=C\CCCCCCCC(=O)OC(COCCCCCCCCCCCCC/C=C\C/C=C\C/C=C\C/C=C\CC)COP(=O)(O)OCC[N+](C)(C)C. The molecule has 0 aliphatic heterocycles. The van der Waals surface area contributed by atoms with Crippen LogP contribution in [-0.2, 0) is 27.9 Å². The van der Waals surface area contributed by atoms with Gasteiger partial charge < -0.3 is 18.9 Å². The fraction of sp³-hybridized carbons (Fsp3) is 0.672. The fourth-order valence-electron chi connectivity index (χ4n) is 6.81. The predicted molar refractivity (Wildman–Crippen MR) is 288 cm³/mol. The van der Waals surface area contributed by atoms with E-state index in [0.29, 0.717) is 24.1 Å². The molecule has 0 radical (unpaired) electrons. The molecule has 0 heterocycles. The number of nitrogens with zero attached hydrogens (tertiary/aromatic N) is 1. The Bertz CT molecular complexity index is 1430. The first-order chi connectivity index (χ1) is 32.6. The lowest BCUT2D eigenvalue weighted by atomic mass is 10.1. The minimum absolute atomic E-state index is 0.0777. The molecule has 0 aliphatic rings. The van der Waals surface area contributed by atoms with Gasteiger partial charge in [-0.15, -0.1) is 0 Å². The Morgan fingerprint density at radius 1 is 0.463 bits per heavy atom. The van der Waals surface area contributed by atoms with Gasteiger partial charge in [0.2, 0.25) is 0 Å². The second kappa shape index (κ2) is 49.6. The van der Waals surface area contributed by atoms with Gasteiger partial charge in [0.1, 0.15) is 19.3 Å². The minimum atomic E-state index is -4.30. The van der Waals surface area contributed by atoms with E-state index in [1.807, 2.05) is 21.1 Å². The summed E-state index contributed by atoms with van der Waals surface area (Å²) in [6.45, 7) is 5.35. The highest BCUT2D eigenvalue weighted by Crippen LogP contribution is 2.43. The zero-order chi connectivity index (χ0) is 49.0. The first-order valence-corrected chi connectivity index (χ1v) is 28.1. The highest BCUT2D eigenvalue weighted by molar-refractivity contribution is 7.47. The van der Waals surface area contributed by atoms with Gasteiger partial charge in [-0.05, 0) is 96.3 Å². The maximum absolute atomic E-state index is 12.8. The largest absolute Gasteiger partial charge is 0.472 e. The van der Waals surface area contributed by atoms with Crippen molar-refractivity contribution in [3.63, 3.8) is 0 Å². The number of esters is 1. The Labute approximate surface area is 412 Å². The molecule has 1 N–H and O–H groups in total. The molecular weight excluding hydrogens is 854 g/mol. The van der Waals surface area contributed by atoms with Gasteiger partial charge in [0.25, 0.3) is 0 Å². The van der Waals surface area contributed by atoms with Crippen LogP contribution in [-0.4, -0.2) is 75.6 Å². The van der Waals surface area contributed by atoms with Crippen molar-refractivity contribution in [2.24, 2.45) is 0 Å². The van der Waals surface area contributed by atoms with E-state index in [1.165, 1.54) is 64.2 Å². The number of quaternary nitrogens is 1. The number of ether oxygens (including phenoxy) is 2. The number of phosphoric acid groups is 1. The maximum Gasteiger partial charge on any atom is 0.472 e. The van der Waals surface area contributed by atoms with Crippen LogP contribution >= 0.6 is 7.82 Å². The molecule has 0 saturated heterocycles. The number of likely N-dealkylation sites (N-methyl/N-ethyl adjacent to an activating group) is 1. The number of hydrogen-bond donors (Lipinski definition) is 1. The van der Waals surface area contributed by atoms with Crippen LogP contribution < -0.4 is 0 Å². The normalized spacial score (nSPS) is 14.4. The van der Waals surface area contributed by atoms with Crippen LogP contribution in [0.4, 0.5) is 0 Å². The average molecular weight is 955 g/mol. The first kappa shape index (κ1) is 64.2. The Morgan fingerprint density at radius 3 is 1.22 bits per heavy atom. The molecular formula is C58H101NO7P+. The first-order valence-electron chi connectivity index (χ1n) is 26.6. The highest BCUT2D eigenvalue weighted by atomic mass is 31.2. The van der Waals surface area contributed by atoms with E-state index in [4.69, 9.17) is 18.5 Å². The van der Waals surface area contributed by atoms with Gasteiger partial charge >= 0.3 is 13.8 Å². The highest BCUT2D eigenvalue weighted by Gasteiger charge is 2.26. The number of rotatable bonds is 48. The van der Waals surface area contributed by atoms with Gasteiger partial charge in [0.15, 0.2) is 0 Å². The Hall–Kier alpha value is -2.84. The summed E-state index contributed by atoms with van der Waals surface area (Å²) in [4.78, 5) is 23.0. The molecule has 0 bridgehead atoms. The van der Waals surface area contributed by atoms with Crippen molar-refractivity contribution in [2.75, 3.05) is 54.1 Å². The average Bonchev–Trinajstić information content (AvgIpc) is 3.29. The van der Waals surface area contributed by atoms with Crippen LogP contribution in [0.2, 0.25) is 0 Å². The van der Waals surface area contributed by atoms with E-state index in [-0.39, 0.29) is 25.8 Å². The molecule has 0 rings (SSSR count). The Balaban J connectivity index is 4.19. The molecule has 0 aliphatic carbocycles. The molecule has 0 aromatic carbocycles. The van der Waals surface area contributed by atoms with Crippen molar-refractivity contribution >= 4 is 13.8 Å². The van der Waals surface area contributed by atoms with Crippen molar-refractivity contribution in [1.82, 2.24) is 0 Å². The topological polar surface area (TPSA) is 91.3 Å². The Morgan fingerprint density at radius 2 is 0.821 bits per heavy atom. The third kappa shape index (κ3) is 54.0. The maximum atomic E-state index is 12.8. The van der Waals surface area contributed by atoms with Crippen molar-refractivity contribution in [2.45, 2.75) is 200 Å². The molecule has 9 heteroatoms. The summed E-state index contributed by atoms with van der Waals surface area (Å²) in [7, 11) is 1.64. The molecule has 2 atom stereocenters. The number of allylic oxidation sites excluding steroid dienone is 18. The summed E-state index contributed by atoms with van der Waals surface area (Å²) >= 11 is 0. The van der Waals surface area contributed by atoms with Crippen LogP contribution in [0.15, 0.2) is 109 Å². The standard InChI is InChI=1S/C58H100NO7P/c1-6-8-10-12-14-16-18-20-22-24-26-28-29-30-32-34-36-38-40-42-44-46-48-50-53-63-55-57(56-65-67(61,62)64-54-52-59(3,4)5)66-58(60)51-49-47-45-43-41-39-37-35-33-31-27-25-23-21-19-17-15-13-11-9-7-2/h8-11,14-17,20-23,26-28,31,35,37,57H,6-7,12-13,18-19,24-25,29-30,32-34,36,38-56H2,1-5H3/p+1/b10-8-,11-9-,16-14-,17-15-,22-20-,23-21-,28-26-,31-27-,37-35-. The van der Waals surface area contributed by atoms with Gasteiger partial charge in [0.05, 0.1) is 34.4 Å². The smallest absolute Gasteiger partial charge is 0.457 e. The van der Waals surface area contributed by atoms with Crippen molar-refractivity contribution < 1.29 is 37.3 Å². The van der Waals surface area contributed by atoms with Crippen LogP contribution in [0.1, 0.15) is 194 Å². The van der Waals surface area contributed by atoms with Gasteiger partial charge in [-0.25, -0.2) is 4.57 Å². The number of hydrogen-bond acceptors (Lipinski definition) is 6. The summed E-state index contributed by atoms with van der Waals surface area (Å²) in [5.74, 6) is -0.337. The van der Waals surface area contributed by atoms with Gasteiger partial charge in [-0.2, -0.15) is 0 Å². The minimum Gasteiger partial charge on any atom is -0.457 e. The van der Waals surface area contributed by atoms with Gasteiger partial charge in [-0.1, -0.05) is 200 Å². The van der Waals surface area contributed by atoms with Crippen molar-refractivity contribution in [3.8, 4) is 0 Å². The van der Waals surface area contributed by atoms with Crippen LogP contribution in [0.5, 0.6) is 0 Å². The molecule has 0 aromatic heterocycles. The molecule has 67 heavy (non-hydrogen) atoms. The monoisotopic (exact) mass is 955 g/mol. The van der Waals surface area contributed by atoms with E-state index in [9.17, 15) is 14.3 Å². The lowest BCUT2D eigenvalue weighted by molar-refractivity contribution is -0.870. The number of carbonyl (C=O) groups is 1. The lowest BCUT2D eigenvalue weighted by Gasteiger charge is -2.24. The van der Waals surface area contributed by atoms with Gasteiger partial charge in [0, 0.05) is 13.0 Å². The van der Waals surface area contributed by atoms with E-state index >= 15 is 0 Å². The zero-order valence-electron chi connectivity index (χ0n) is 43.6. The van der Waals surface area contributed by atoms with Crippen molar-refractivity contribution in [3.05, 3.63) is 109 Å². The predicted octanol–water partition coefficient (Wildman–Crippen LogP) is 16.7. The summed E-state index contributed by atoms with van der Waals surface area (Å²) in [5, 5.41) is 0. The quantitative estimate of drug-likeness (QED) is 0.0214. The molecule has 0 amide bonds. The number of unbranched alkanes of at least 4 members (excludes halogenated alkanes) is 16. The second-order valence-corrected chi connectivity index (χ2v) is 19.9. The summed E-state index contributed by atoms with van der Waals surface area (Å²) in [6.07, 6.45) is 69.9. The van der Waals surface area contributed by atoms with Crippen LogP contribution in [0, 0.1) is 0 Å². The van der Waals surface area contributed by atoms with Crippen LogP contribution in [0.3, 0.4) is 0 Å². The van der Waals surface area contributed by atoms with E-state index in [0.717, 1.165) is 109 Å². The number of carbonyl (C=O) groups excluding carboxylic acids is 1. The van der Waals surface area contributed by atoms with Crippen molar-refractivity contribution in [1.29, 1.82) is 0 Å². The summed E-state index contributed by atoms with van der Waals surface area (Å²) in [5.41, 5.74) is 0. The molecule has 0 spiro atoms. The molecule has 8 nitrogen and oxygen atoms in total. The fourth-order valence-corrected chi connectivity index (χ4v) is 7.55. The van der Waals surface area contributed by atoms with E-state index < -0.39 is 13.9 Å². The summed E-state index contributed by atoms with van der Waals surface area (Å²) in [6, 6.07) is 0. The molecule has 0 fully saturated rings. The van der Waals surface area contributed by atoms with Crippen LogP contribution in [0.25, 0.3) is 0 Å². The number of phosphoric ester groups is 1. The molecule has 0 saturated carbocycles. The second-order valence-electron chi connectivity index (χ2n) is 18.5. The third-order valence-corrected chi connectivity index (χ3v) is 11.8. The Kier molecular flexibility index (Phi) is 47.5. The third-order valence-electron chi connectivity index (χ3n) is 10.8. The molecule has 2 unspecified atom stereocenters. The molecule has 0 aromatic rings. The van der Waals surface area contributed by atoms with Gasteiger partial charge in [-0.3, -0.25) is 13.8 Å². The zero-order valence-corrected chi connectivity index (χ0v) is 44.5. The lowest BCUT2D eigenvalue weighted by Crippen LogP contribution is -2.37. The van der Waals surface area contributed by atoms with E-state index in [1.54, 1.807) is 0 Å². The van der Waals surface area contributed by atoms with E-state index in [2.05, 4.69) is 123 Å².